The van der Waals surface area contributed by atoms with Crippen LogP contribution in [0.3, 0.4) is 0 Å². The number of piperidine rings is 1. The lowest BCUT2D eigenvalue weighted by Gasteiger charge is -2.45. The van der Waals surface area contributed by atoms with Crippen molar-refractivity contribution in [1.82, 2.24) is 10.2 Å². The first-order valence-electron chi connectivity index (χ1n) is 11.2. The maximum Gasteiger partial charge on any atom is 0.0833 e. The fourth-order valence-corrected chi connectivity index (χ4v) is 4.04. The molecule has 6 nitrogen and oxygen atoms in total. The van der Waals surface area contributed by atoms with Crippen LogP contribution >= 0.6 is 0 Å². The van der Waals surface area contributed by atoms with Crippen molar-refractivity contribution in [2.24, 2.45) is 0 Å². The Morgan fingerprint density at radius 2 is 1.62 bits per heavy atom. The Kier molecular flexibility index (Phi) is 10.4. The molecule has 3 rings (SSSR count). The molecule has 0 saturated carbocycles. The van der Waals surface area contributed by atoms with E-state index in [2.05, 4.69) is 22.3 Å². The van der Waals surface area contributed by atoms with Gasteiger partial charge in [-0.25, -0.2) is 0 Å². The third-order valence-electron chi connectivity index (χ3n) is 5.71. The van der Waals surface area contributed by atoms with E-state index in [9.17, 15) is 0 Å². The highest BCUT2D eigenvalue weighted by molar-refractivity contribution is 5.13. The molecular weight excluding hydrogens is 368 g/mol. The smallest absolute Gasteiger partial charge is 0.0833 e. The maximum absolute atomic E-state index is 6.14. The van der Waals surface area contributed by atoms with E-state index in [0.29, 0.717) is 33.0 Å². The normalized spacial score (nSPS) is 19.6. The van der Waals surface area contributed by atoms with Gasteiger partial charge in [0.15, 0.2) is 0 Å². The second-order valence-corrected chi connectivity index (χ2v) is 8.03. The monoisotopic (exact) mass is 406 g/mol. The molecule has 1 N–H and O–H groups in total. The summed E-state index contributed by atoms with van der Waals surface area (Å²) in [5.74, 6) is 0. The van der Waals surface area contributed by atoms with Gasteiger partial charge in [-0.1, -0.05) is 30.3 Å². The Balaban J connectivity index is 1.10. The van der Waals surface area contributed by atoms with E-state index < -0.39 is 0 Å². The zero-order valence-corrected chi connectivity index (χ0v) is 17.8. The van der Waals surface area contributed by atoms with Crippen molar-refractivity contribution in [3.05, 3.63) is 35.9 Å². The molecule has 0 aliphatic carbocycles. The average molecular weight is 407 g/mol. The van der Waals surface area contributed by atoms with E-state index >= 15 is 0 Å². The predicted octanol–water partition coefficient (Wildman–Crippen LogP) is 2.47. The molecule has 2 heterocycles. The summed E-state index contributed by atoms with van der Waals surface area (Å²) < 4.78 is 23.0. The first-order valence-corrected chi connectivity index (χ1v) is 11.2. The van der Waals surface area contributed by atoms with Crippen LogP contribution in [0, 0.1) is 0 Å². The van der Waals surface area contributed by atoms with Gasteiger partial charge in [0, 0.05) is 19.7 Å². The van der Waals surface area contributed by atoms with Crippen LogP contribution in [-0.2, 0) is 25.6 Å². The second-order valence-electron chi connectivity index (χ2n) is 8.03. The molecule has 2 aliphatic heterocycles. The molecule has 1 aromatic carbocycles. The van der Waals surface area contributed by atoms with Crippen LogP contribution in [0.1, 0.15) is 31.2 Å². The predicted molar refractivity (Wildman–Crippen MR) is 114 cm³/mol. The topological polar surface area (TPSA) is 52.2 Å². The fourth-order valence-electron chi connectivity index (χ4n) is 4.04. The summed E-state index contributed by atoms with van der Waals surface area (Å²) in [6.07, 6.45) is 4.57. The van der Waals surface area contributed by atoms with E-state index in [-0.39, 0.29) is 5.60 Å². The van der Waals surface area contributed by atoms with Crippen molar-refractivity contribution in [2.45, 2.75) is 37.9 Å². The van der Waals surface area contributed by atoms with E-state index in [1.807, 2.05) is 18.2 Å². The highest BCUT2D eigenvalue weighted by Crippen LogP contribution is 2.27. The van der Waals surface area contributed by atoms with Crippen LogP contribution in [-0.4, -0.2) is 82.9 Å². The van der Waals surface area contributed by atoms with Gasteiger partial charge in [-0.3, -0.25) is 4.90 Å². The Labute approximate surface area is 175 Å². The molecule has 1 aromatic rings. The highest BCUT2D eigenvalue weighted by Gasteiger charge is 2.37. The highest BCUT2D eigenvalue weighted by atomic mass is 16.5. The lowest BCUT2D eigenvalue weighted by atomic mass is 9.90. The number of hydrogen-bond acceptors (Lipinski definition) is 6. The van der Waals surface area contributed by atoms with Gasteiger partial charge < -0.3 is 24.3 Å². The largest absolute Gasteiger partial charge is 0.379 e. The van der Waals surface area contributed by atoms with Crippen LogP contribution in [0.2, 0.25) is 0 Å². The summed E-state index contributed by atoms with van der Waals surface area (Å²) in [6.45, 7) is 10.3. The molecule has 29 heavy (non-hydrogen) atoms. The molecule has 0 amide bonds. The van der Waals surface area contributed by atoms with Gasteiger partial charge in [0.1, 0.15) is 0 Å². The lowest BCUT2D eigenvalue weighted by Crippen LogP contribution is -2.56. The Morgan fingerprint density at radius 1 is 0.897 bits per heavy atom. The zero-order chi connectivity index (χ0) is 20.0. The number of nitrogens with zero attached hydrogens (tertiary/aromatic N) is 1. The minimum absolute atomic E-state index is 0.113. The molecule has 0 bridgehead atoms. The third kappa shape index (κ3) is 8.70. The molecule has 1 spiro atoms. The van der Waals surface area contributed by atoms with Gasteiger partial charge in [-0.05, 0) is 50.9 Å². The molecule has 2 saturated heterocycles. The molecule has 164 valence electrons. The third-order valence-corrected chi connectivity index (χ3v) is 5.71. The molecule has 2 aliphatic rings. The number of unbranched alkanes of at least 4 members (excludes halogenated alkanes) is 1. The standard InChI is InChI=1S/C23H38N2O4/c1-2-6-22(7-3-1)20-28-19-18-27-17-16-26-14-5-4-12-25-13-15-29-23(21-25)8-10-24-11-9-23/h1-3,6-7,24H,4-5,8-21H2. The zero-order valence-electron chi connectivity index (χ0n) is 17.8. The van der Waals surface area contributed by atoms with Crippen LogP contribution < -0.4 is 5.32 Å². The van der Waals surface area contributed by atoms with Crippen LogP contribution in [0.4, 0.5) is 0 Å². The molecular formula is C23H38N2O4. The SMILES string of the molecule is c1ccc(COCCOCCOCCCCN2CCOC3(CCNCC3)C2)cc1. The molecule has 0 unspecified atom stereocenters. The fraction of sp³-hybridized carbons (Fsp3) is 0.739. The van der Waals surface area contributed by atoms with E-state index in [0.717, 1.165) is 65.2 Å². The van der Waals surface area contributed by atoms with Gasteiger partial charge in [0.05, 0.1) is 45.2 Å². The molecule has 6 heteroatoms. The number of morpholine rings is 1. The van der Waals surface area contributed by atoms with Crippen molar-refractivity contribution in [3.8, 4) is 0 Å². The van der Waals surface area contributed by atoms with Crippen molar-refractivity contribution in [1.29, 1.82) is 0 Å². The summed E-state index contributed by atoms with van der Waals surface area (Å²) in [5, 5.41) is 3.44. The molecule has 0 atom stereocenters. The lowest BCUT2D eigenvalue weighted by molar-refractivity contribution is -0.123. The Bertz CT molecular complexity index is 531. The number of benzene rings is 1. The van der Waals surface area contributed by atoms with Gasteiger partial charge in [-0.15, -0.1) is 0 Å². The van der Waals surface area contributed by atoms with Crippen molar-refractivity contribution in [2.75, 3.05) is 72.4 Å². The summed E-state index contributed by atoms with van der Waals surface area (Å²) in [7, 11) is 0. The van der Waals surface area contributed by atoms with Crippen molar-refractivity contribution >= 4 is 0 Å². The number of ether oxygens (including phenoxy) is 4. The van der Waals surface area contributed by atoms with E-state index in [4.69, 9.17) is 18.9 Å². The number of nitrogens with one attached hydrogen (secondary N) is 1. The van der Waals surface area contributed by atoms with Gasteiger partial charge in [-0.2, -0.15) is 0 Å². The van der Waals surface area contributed by atoms with Gasteiger partial charge in [0.25, 0.3) is 0 Å². The summed E-state index contributed by atoms with van der Waals surface area (Å²) >= 11 is 0. The Hall–Kier alpha value is -1.02. The van der Waals surface area contributed by atoms with E-state index in [1.54, 1.807) is 0 Å². The average Bonchev–Trinajstić information content (AvgIpc) is 2.76. The summed E-state index contributed by atoms with van der Waals surface area (Å²) in [5.41, 5.74) is 1.31. The van der Waals surface area contributed by atoms with Crippen molar-refractivity contribution < 1.29 is 18.9 Å². The van der Waals surface area contributed by atoms with Crippen LogP contribution in [0.15, 0.2) is 30.3 Å². The minimum atomic E-state index is 0.113. The summed E-state index contributed by atoms with van der Waals surface area (Å²) in [6, 6.07) is 10.2. The van der Waals surface area contributed by atoms with Crippen LogP contribution in [0.5, 0.6) is 0 Å². The number of hydrogen-bond donors (Lipinski definition) is 1. The van der Waals surface area contributed by atoms with Crippen LogP contribution in [0.25, 0.3) is 0 Å². The second kappa shape index (κ2) is 13.3. The maximum atomic E-state index is 6.14. The summed E-state index contributed by atoms with van der Waals surface area (Å²) in [4.78, 5) is 2.58. The quantitative estimate of drug-likeness (QED) is 0.508. The van der Waals surface area contributed by atoms with Gasteiger partial charge >= 0.3 is 0 Å². The molecule has 0 radical (unpaired) electrons. The first-order chi connectivity index (χ1) is 14.4. The minimum Gasteiger partial charge on any atom is -0.379 e. The Morgan fingerprint density at radius 3 is 2.41 bits per heavy atom. The first kappa shape index (κ1) is 22.7. The van der Waals surface area contributed by atoms with Gasteiger partial charge in [0.2, 0.25) is 0 Å². The number of rotatable bonds is 13. The van der Waals surface area contributed by atoms with E-state index in [1.165, 1.54) is 12.0 Å². The molecule has 0 aromatic heterocycles. The molecule has 2 fully saturated rings. The van der Waals surface area contributed by atoms with Crippen molar-refractivity contribution in [3.63, 3.8) is 0 Å².